The Bertz CT molecular complexity index is 169. The number of ether oxygens (including phenoxy) is 2. The van der Waals surface area contributed by atoms with Crippen molar-refractivity contribution in [3.05, 3.63) is 0 Å². The van der Waals surface area contributed by atoms with Crippen molar-refractivity contribution >= 4 is 0 Å². The summed E-state index contributed by atoms with van der Waals surface area (Å²) < 4.78 is 10.6. The van der Waals surface area contributed by atoms with E-state index in [-0.39, 0.29) is 6.10 Å². The summed E-state index contributed by atoms with van der Waals surface area (Å²) in [6.45, 7) is 7.16. The zero-order chi connectivity index (χ0) is 13.6. The zero-order valence-electron chi connectivity index (χ0n) is 11.7. The molecule has 110 valence electrons. The number of nitrogens with one attached hydrogen (secondary N) is 1. The van der Waals surface area contributed by atoms with Gasteiger partial charge in [-0.1, -0.05) is 20.3 Å². The minimum Gasteiger partial charge on any atom is -0.392 e. The van der Waals surface area contributed by atoms with Crippen LogP contribution in [0.5, 0.6) is 0 Å². The van der Waals surface area contributed by atoms with Crippen molar-refractivity contribution in [2.45, 2.75) is 45.3 Å². The van der Waals surface area contributed by atoms with Crippen LogP contribution < -0.4 is 5.32 Å². The Morgan fingerprint density at radius 1 is 0.944 bits per heavy atom. The monoisotopic (exact) mass is 263 g/mol. The van der Waals surface area contributed by atoms with Gasteiger partial charge in [0, 0.05) is 19.7 Å². The summed E-state index contributed by atoms with van der Waals surface area (Å²) in [6.07, 6.45) is 2.05. The van der Waals surface area contributed by atoms with Crippen molar-refractivity contribution in [3.8, 4) is 0 Å². The molecule has 0 saturated heterocycles. The van der Waals surface area contributed by atoms with E-state index in [9.17, 15) is 10.2 Å². The third-order valence-electron chi connectivity index (χ3n) is 2.56. The molecule has 0 radical (unpaired) electrons. The topological polar surface area (TPSA) is 71.0 Å². The molecule has 0 aromatic heterocycles. The van der Waals surface area contributed by atoms with Crippen LogP contribution in [0.1, 0.15) is 33.1 Å². The highest BCUT2D eigenvalue weighted by atomic mass is 16.5. The first-order valence-corrected chi connectivity index (χ1v) is 6.93. The van der Waals surface area contributed by atoms with Crippen molar-refractivity contribution in [1.29, 1.82) is 0 Å². The number of rotatable bonds is 13. The maximum Gasteiger partial charge on any atom is 0.0897 e. The van der Waals surface area contributed by atoms with Gasteiger partial charge in [-0.3, -0.25) is 0 Å². The predicted molar refractivity (Wildman–Crippen MR) is 71.7 cm³/mol. The van der Waals surface area contributed by atoms with Crippen molar-refractivity contribution in [3.63, 3.8) is 0 Å². The summed E-state index contributed by atoms with van der Waals surface area (Å²) in [5, 5.41) is 21.9. The lowest BCUT2D eigenvalue weighted by molar-refractivity contribution is 0.00318. The van der Waals surface area contributed by atoms with E-state index in [0.29, 0.717) is 39.3 Å². The van der Waals surface area contributed by atoms with Crippen LogP contribution in [0.3, 0.4) is 0 Å². The first-order chi connectivity index (χ1) is 8.70. The molecule has 0 aromatic carbocycles. The molecule has 3 N–H and O–H groups in total. The molecule has 2 atom stereocenters. The SMILES string of the molecule is CCCCOCCOCC(O)CNCC(O)CC. The lowest BCUT2D eigenvalue weighted by atomic mass is 10.3. The van der Waals surface area contributed by atoms with Gasteiger partial charge in [0.05, 0.1) is 32.0 Å². The fraction of sp³-hybridized carbons (Fsp3) is 1.00. The van der Waals surface area contributed by atoms with E-state index in [1.54, 1.807) is 0 Å². The predicted octanol–water partition coefficient (Wildman–Crippen LogP) is 0.541. The summed E-state index contributed by atoms with van der Waals surface area (Å²) in [7, 11) is 0. The molecule has 0 heterocycles. The van der Waals surface area contributed by atoms with Gasteiger partial charge in [0.2, 0.25) is 0 Å². The van der Waals surface area contributed by atoms with E-state index >= 15 is 0 Å². The quantitative estimate of drug-likeness (QED) is 0.423. The molecule has 0 saturated carbocycles. The number of aliphatic hydroxyl groups is 2. The van der Waals surface area contributed by atoms with Crippen molar-refractivity contribution < 1.29 is 19.7 Å². The fourth-order valence-electron chi connectivity index (χ4n) is 1.31. The first-order valence-electron chi connectivity index (χ1n) is 6.93. The highest BCUT2D eigenvalue weighted by Crippen LogP contribution is 1.90. The average Bonchev–Trinajstić information content (AvgIpc) is 2.37. The van der Waals surface area contributed by atoms with Gasteiger partial charge >= 0.3 is 0 Å². The van der Waals surface area contributed by atoms with Gasteiger partial charge in [-0.05, 0) is 12.8 Å². The van der Waals surface area contributed by atoms with Gasteiger partial charge < -0.3 is 25.0 Å². The van der Waals surface area contributed by atoms with E-state index in [2.05, 4.69) is 12.2 Å². The maximum atomic E-state index is 9.57. The van der Waals surface area contributed by atoms with Crippen LogP contribution in [-0.4, -0.2) is 61.9 Å². The van der Waals surface area contributed by atoms with Crippen LogP contribution in [0.2, 0.25) is 0 Å². The van der Waals surface area contributed by atoms with Gasteiger partial charge in [-0.15, -0.1) is 0 Å². The van der Waals surface area contributed by atoms with Crippen LogP contribution in [0.15, 0.2) is 0 Å². The lowest BCUT2D eigenvalue weighted by Crippen LogP contribution is -2.35. The van der Waals surface area contributed by atoms with E-state index in [1.165, 1.54) is 0 Å². The van der Waals surface area contributed by atoms with Crippen LogP contribution in [0.4, 0.5) is 0 Å². The van der Waals surface area contributed by atoms with Gasteiger partial charge in [-0.2, -0.15) is 0 Å². The molecule has 0 aromatic rings. The Kier molecular flexibility index (Phi) is 13.1. The third kappa shape index (κ3) is 12.3. The van der Waals surface area contributed by atoms with Crippen molar-refractivity contribution in [1.82, 2.24) is 5.32 Å². The van der Waals surface area contributed by atoms with Crippen LogP contribution in [0.25, 0.3) is 0 Å². The smallest absolute Gasteiger partial charge is 0.0897 e. The molecule has 5 heteroatoms. The summed E-state index contributed by atoms with van der Waals surface area (Å²) in [6, 6.07) is 0. The molecule has 0 aliphatic rings. The second-order valence-electron chi connectivity index (χ2n) is 4.41. The van der Waals surface area contributed by atoms with Gasteiger partial charge in [0.25, 0.3) is 0 Å². The number of unbranched alkanes of at least 4 members (excludes halogenated alkanes) is 1. The molecule has 18 heavy (non-hydrogen) atoms. The molecule has 0 spiro atoms. The maximum absolute atomic E-state index is 9.57. The summed E-state index contributed by atoms with van der Waals surface area (Å²) >= 11 is 0. The molecule has 0 amide bonds. The Balaban J connectivity index is 3.19. The van der Waals surface area contributed by atoms with Crippen molar-refractivity contribution in [2.75, 3.05) is 39.5 Å². The largest absolute Gasteiger partial charge is 0.392 e. The molecule has 5 nitrogen and oxygen atoms in total. The number of hydrogen-bond donors (Lipinski definition) is 3. The Morgan fingerprint density at radius 2 is 1.61 bits per heavy atom. The normalized spacial score (nSPS) is 14.7. The van der Waals surface area contributed by atoms with E-state index in [4.69, 9.17) is 9.47 Å². The molecule has 2 unspecified atom stereocenters. The van der Waals surface area contributed by atoms with Crippen LogP contribution in [0, 0.1) is 0 Å². The van der Waals surface area contributed by atoms with Gasteiger partial charge in [0.1, 0.15) is 0 Å². The first kappa shape index (κ1) is 17.8. The second kappa shape index (κ2) is 13.2. The Labute approximate surface area is 110 Å². The summed E-state index contributed by atoms with van der Waals surface area (Å²) in [5.74, 6) is 0. The average molecular weight is 263 g/mol. The van der Waals surface area contributed by atoms with E-state index in [0.717, 1.165) is 19.4 Å². The summed E-state index contributed by atoms with van der Waals surface area (Å²) in [4.78, 5) is 0. The molecule has 0 aliphatic heterocycles. The Hall–Kier alpha value is -0.200. The zero-order valence-corrected chi connectivity index (χ0v) is 11.7. The minimum absolute atomic E-state index is 0.298. The van der Waals surface area contributed by atoms with Crippen molar-refractivity contribution in [2.24, 2.45) is 0 Å². The third-order valence-corrected chi connectivity index (χ3v) is 2.56. The highest BCUT2D eigenvalue weighted by molar-refractivity contribution is 4.62. The number of aliphatic hydroxyl groups excluding tert-OH is 2. The Morgan fingerprint density at radius 3 is 2.28 bits per heavy atom. The molecule has 0 aliphatic carbocycles. The van der Waals surface area contributed by atoms with Gasteiger partial charge in [0.15, 0.2) is 0 Å². The van der Waals surface area contributed by atoms with E-state index < -0.39 is 6.10 Å². The molecular formula is C13H29NO4. The minimum atomic E-state index is -0.537. The molecule has 0 rings (SSSR count). The highest BCUT2D eigenvalue weighted by Gasteiger charge is 2.05. The standard InChI is InChI=1S/C13H29NO4/c1-3-5-6-17-7-8-18-11-13(16)10-14-9-12(15)4-2/h12-16H,3-11H2,1-2H3. The summed E-state index contributed by atoms with van der Waals surface area (Å²) in [5.41, 5.74) is 0. The van der Waals surface area contributed by atoms with Crippen LogP contribution >= 0.6 is 0 Å². The van der Waals surface area contributed by atoms with Crippen LogP contribution in [-0.2, 0) is 9.47 Å². The number of hydrogen-bond acceptors (Lipinski definition) is 5. The molecule has 0 bridgehead atoms. The van der Waals surface area contributed by atoms with E-state index in [1.807, 2.05) is 6.92 Å². The second-order valence-corrected chi connectivity index (χ2v) is 4.41. The van der Waals surface area contributed by atoms with Gasteiger partial charge in [-0.25, -0.2) is 0 Å². The lowest BCUT2D eigenvalue weighted by Gasteiger charge is -2.14. The fourth-order valence-corrected chi connectivity index (χ4v) is 1.31. The molecule has 0 fully saturated rings. The molecular weight excluding hydrogens is 234 g/mol.